The minimum Gasteiger partial charge on any atom is -0.416 e. The lowest BCUT2D eigenvalue weighted by Crippen LogP contribution is -2.58. The molecule has 0 fully saturated rings. The zero-order chi connectivity index (χ0) is 15.9. The van der Waals surface area contributed by atoms with Crippen LogP contribution in [-0.4, -0.2) is 36.5 Å². The third-order valence-electron chi connectivity index (χ3n) is 1.86. The highest BCUT2D eigenvalue weighted by atomic mass is 32.2. The molecule has 0 bridgehead atoms. The molecule has 0 heterocycles. The topological polar surface area (TPSA) is 80.7 Å². The molecule has 5 nitrogen and oxygen atoms in total. The van der Waals surface area contributed by atoms with Crippen molar-refractivity contribution in [2.75, 3.05) is 0 Å². The average molecular weight is 314 g/mol. The first-order chi connectivity index (χ1) is 8.07. The minimum atomic E-state index is -6.56. The van der Waals surface area contributed by atoms with Crippen molar-refractivity contribution in [2.24, 2.45) is 5.41 Å². The fourth-order valence-electron chi connectivity index (χ4n) is 0.695. The van der Waals surface area contributed by atoms with Gasteiger partial charge in [0.15, 0.2) is 0 Å². The standard InChI is InChI=1S/C8H11F5O5S/c1-6(2,3)5(14)18-7(11,4(9)10)8(12,13)19(15,16)17/h4H,1-3H3,(H,15,16,17). The molecule has 0 aromatic carbocycles. The summed E-state index contributed by atoms with van der Waals surface area (Å²) < 4.78 is 96.2. The van der Waals surface area contributed by atoms with E-state index >= 15 is 0 Å². The van der Waals surface area contributed by atoms with E-state index in [2.05, 4.69) is 4.74 Å². The summed E-state index contributed by atoms with van der Waals surface area (Å²) in [5.74, 6) is -7.33. The smallest absolute Gasteiger partial charge is 0.416 e. The van der Waals surface area contributed by atoms with Crippen LogP contribution in [0.4, 0.5) is 22.0 Å². The van der Waals surface area contributed by atoms with Crippen LogP contribution in [0.2, 0.25) is 0 Å². The van der Waals surface area contributed by atoms with Crippen molar-refractivity contribution < 1.29 is 44.5 Å². The van der Waals surface area contributed by atoms with E-state index in [9.17, 15) is 35.2 Å². The molecule has 1 unspecified atom stereocenters. The first kappa shape index (κ1) is 18.0. The second-order valence-electron chi connectivity index (χ2n) is 4.58. The summed E-state index contributed by atoms with van der Waals surface area (Å²) in [4.78, 5) is 11.2. The average Bonchev–Trinajstić information content (AvgIpc) is 2.13. The summed E-state index contributed by atoms with van der Waals surface area (Å²) in [7, 11) is -6.56. The van der Waals surface area contributed by atoms with Crippen LogP contribution in [0.25, 0.3) is 0 Å². The summed E-state index contributed by atoms with van der Waals surface area (Å²) >= 11 is 0. The van der Waals surface area contributed by atoms with Crippen molar-refractivity contribution in [3.05, 3.63) is 0 Å². The maximum absolute atomic E-state index is 13.5. The van der Waals surface area contributed by atoms with Gasteiger partial charge in [-0.2, -0.15) is 21.6 Å². The Morgan fingerprint density at radius 1 is 1.16 bits per heavy atom. The van der Waals surface area contributed by atoms with Gasteiger partial charge in [0.2, 0.25) is 0 Å². The molecule has 0 radical (unpaired) electrons. The predicted molar refractivity (Wildman–Crippen MR) is 51.9 cm³/mol. The molecule has 19 heavy (non-hydrogen) atoms. The molecule has 0 amide bonds. The second kappa shape index (κ2) is 4.85. The van der Waals surface area contributed by atoms with Gasteiger partial charge in [-0.1, -0.05) is 0 Å². The van der Waals surface area contributed by atoms with Gasteiger partial charge in [0, 0.05) is 0 Å². The molecule has 0 aliphatic heterocycles. The zero-order valence-corrected chi connectivity index (χ0v) is 10.8. The van der Waals surface area contributed by atoms with Crippen LogP contribution in [0.5, 0.6) is 0 Å². The molecule has 1 N–H and O–H groups in total. The van der Waals surface area contributed by atoms with Gasteiger partial charge in [0.05, 0.1) is 5.41 Å². The van der Waals surface area contributed by atoms with Crippen LogP contribution in [0.15, 0.2) is 0 Å². The van der Waals surface area contributed by atoms with Gasteiger partial charge in [0.1, 0.15) is 0 Å². The highest BCUT2D eigenvalue weighted by Gasteiger charge is 2.73. The number of rotatable bonds is 4. The third kappa shape index (κ3) is 3.32. The molecule has 1 atom stereocenters. The van der Waals surface area contributed by atoms with E-state index in [1.165, 1.54) is 0 Å². The van der Waals surface area contributed by atoms with E-state index in [0.717, 1.165) is 20.8 Å². The maximum Gasteiger partial charge on any atom is 0.444 e. The number of esters is 1. The summed E-state index contributed by atoms with van der Waals surface area (Å²) in [5.41, 5.74) is -1.65. The first-order valence-corrected chi connectivity index (χ1v) is 6.06. The first-order valence-electron chi connectivity index (χ1n) is 4.62. The summed E-state index contributed by atoms with van der Waals surface area (Å²) in [6.45, 7) is 3.10. The minimum absolute atomic E-state index is 1.03. The molecule has 0 saturated carbocycles. The normalized spacial score (nSPS) is 17.2. The third-order valence-corrected chi connectivity index (χ3v) is 2.78. The van der Waals surface area contributed by atoms with E-state index in [0.29, 0.717) is 0 Å². The van der Waals surface area contributed by atoms with Gasteiger partial charge in [-0.15, -0.1) is 0 Å². The van der Waals surface area contributed by atoms with Crippen molar-refractivity contribution in [1.82, 2.24) is 0 Å². The van der Waals surface area contributed by atoms with Gasteiger partial charge in [-0.05, 0) is 20.8 Å². The number of ether oxygens (including phenoxy) is 1. The predicted octanol–water partition coefficient (Wildman–Crippen LogP) is 1.99. The molecule has 0 aliphatic carbocycles. The summed E-state index contributed by atoms with van der Waals surface area (Å²) in [6.07, 6.45) is -4.70. The van der Waals surface area contributed by atoms with Crippen molar-refractivity contribution in [3.63, 3.8) is 0 Å². The largest absolute Gasteiger partial charge is 0.444 e. The fourth-order valence-corrected chi connectivity index (χ4v) is 1.18. The van der Waals surface area contributed by atoms with Crippen LogP contribution in [-0.2, 0) is 19.6 Å². The van der Waals surface area contributed by atoms with Crippen LogP contribution < -0.4 is 0 Å². The fraction of sp³-hybridized carbons (Fsp3) is 0.875. The Balaban J connectivity index is 5.73. The molecule has 0 rings (SSSR count). The number of halogens is 5. The van der Waals surface area contributed by atoms with E-state index in [4.69, 9.17) is 4.55 Å². The monoisotopic (exact) mass is 314 g/mol. The van der Waals surface area contributed by atoms with E-state index < -0.39 is 39.0 Å². The van der Waals surface area contributed by atoms with Gasteiger partial charge < -0.3 is 4.74 Å². The zero-order valence-electron chi connectivity index (χ0n) is 9.96. The molecule has 114 valence electrons. The van der Waals surface area contributed by atoms with Crippen LogP contribution in [0, 0.1) is 5.41 Å². The Hall–Kier alpha value is -0.970. The van der Waals surface area contributed by atoms with Gasteiger partial charge >= 0.3 is 33.6 Å². The number of alkyl halides is 5. The van der Waals surface area contributed by atoms with Gasteiger partial charge in [-0.25, -0.2) is 8.78 Å². The van der Waals surface area contributed by atoms with Gasteiger partial charge in [0.25, 0.3) is 0 Å². The summed E-state index contributed by atoms with van der Waals surface area (Å²) in [6, 6.07) is 0. The Labute approximate surface area is 105 Å². The van der Waals surface area contributed by atoms with E-state index in [-0.39, 0.29) is 0 Å². The molecular formula is C8H11F5O5S. The highest BCUT2D eigenvalue weighted by Crippen LogP contribution is 2.43. The van der Waals surface area contributed by atoms with E-state index in [1.54, 1.807) is 0 Å². The number of hydrogen-bond donors (Lipinski definition) is 1. The molecule has 0 aromatic rings. The van der Waals surface area contributed by atoms with Crippen molar-refractivity contribution >= 4 is 16.1 Å². The van der Waals surface area contributed by atoms with Gasteiger partial charge in [-0.3, -0.25) is 9.35 Å². The quantitative estimate of drug-likeness (QED) is 0.487. The summed E-state index contributed by atoms with van der Waals surface area (Å²) in [5, 5.41) is -6.02. The van der Waals surface area contributed by atoms with Crippen molar-refractivity contribution in [1.29, 1.82) is 0 Å². The Bertz CT molecular complexity index is 455. The lowest BCUT2D eigenvalue weighted by atomic mass is 9.97. The Morgan fingerprint density at radius 3 is 1.74 bits per heavy atom. The lowest BCUT2D eigenvalue weighted by molar-refractivity contribution is -0.287. The molecule has 0 aromatic heterocycles. The number of hydrogen-bond acceptors (Lipinski definition) is 4. The molecule has 11 heteroatoms. The Morgan fingerprint density at radius 2 is 1.53 bits per heavy atom. The maximum atomic E-state index is 13.5. The van der Waals surface area contributed by atoms with Crippen molar-refractivity contribution in [2.45, 2.75) is 38.3 Å². The molecular weight excluding hydrogens is 303 g/mol. The second-order valence-corrected chi connectivity index (χ2v) is 6.04. The van der Waals surface area contributed by atoms with Crippen LogP contribution in [0.3, 0.4) is 0 Å². The Kier molecular flexibility index (Phi) is 4.60. The van der Waals surface area contributed by atoms with E-state index in [1.807, 2.05) is 0 Å². The lowest BCUT2D eigenvalue weighted by Gasteiger charge is -2.31. The molecule has 0 saturated heterocycles. The number of carbonyl (C=O) groups excluding carboxylic acids is 1. The molecule has 0 aliphatic rings. The number of carbonyl (C=O) groups is 1. The SMILES string of the molecule is CC(C)(C)C(=O)OC(F)(C(F)F)C(F)(F)S(=O)(=O)O. The van der Waals surface area contributed by atoms with Crippen LogP contribution >= 0.6 is 0 Å². The highest BCUT2D eigenvalue weighted by molar-refractivity contribution is 7.87. The van der Waals surface area contributed by atoms with Crippen LogP contribution in [0.1, 0.15) is 20.8 Å². The van der Waals surface area contributed by atoms with Crippen molar-refractivity contribution in [3.8, 4) is 0 Å². The molecule has 0 spiro atoms.